The van der Waals surface area contributed by atoms with Crippen LogP contribution in [0.25, 0.3) is 0 Å². The molecule has 2 heterocycles. The fraction of sp³-hybridized carbons (Fsp3) is 0.657. The van der Waals surface area contributed by atoms with E-state index in [1.54, 1.807) is 0 Å². The number of benzene rings is 1. The van der Waals surface area contributed by atoms with Gasteiger partial charge in [0.05, 0.1) is 23.6 Å². The van der Waals surface area contributed by atoms with E-state index in [0.717, 1.165) is 76.6 Å². The number of likely N-dealkylation sites (tertiary alicyclic amines) is 1. The summed E-state index contributed by atoms with van der Waals surface area (Å²) in [5.41, 5.74) is 6.68. The second-order valence-corrected chi connectivity index (χ2v) is 15.8. The molecular weight excluding hydrogens is 665 g/mol. The molecule has 0 spiro atoms. The maximum absolute atomic E-state index is 13.9. The number of para-hydroxylation sites is 2. The summed E-state index contributed by atoms with van der Waals surface area (Å²) < 4.78 is 22.6. The van der Waals surface area contributed by atoms with E-state index in [0.29, 0.717) is 24.9 Å². The van der Waals surface area contributed by atoms with Crippen molar-refractivity contribution in [3.63, 3.8) is 0 Å². The molecule has 50 heavy (non-hydrogen) atoms. The molecule has 4 amide bonds. The zero-order chi connectivity index (χ0) is 35.7. The topological polar surface area (TPSA) is 201 Å². The van der Waals surface area contributed by atoms with E-state index in [4.69, 9.17) is 15.2 Å². The molecule has 276 valence electrons. The SMILES string of the molecule is NC(=O)[C@@H]1C[C@@H](OC(=O)Nc2ccccc2N2CCCCC2)CN1C(=O)[C@H](CCCCC/C=C\[C@@H]1C[C@@H]1P(=O)(O)O)NC(=O)OC1CCCC1. The lowest BCUT2D eigenvalue weighted by Crippen LogP contribution is -2.53. The van der Waals surface area contributed by atoms with Crippen LogP contribution >= 0.6 is 7.60 Å². The van der Waals surface area contributed by atoms with E-state index in [1.165, 1.54) is 11.3 Å². The van der Waals surface area contributed by atoms with Gasteiger partial charge in [-0.1, -0.05) is 37.1 Å². The summed E-state index contributed by atoms with van der Waals surface area (Å²) in [6.07, 6.45) is 11.9. The van der Waals surface area contributed by atoms with E-state index >= 15 is 0 Å². The summed E-state index contributed by atoms with van der Waals surface area (Å²) in [7, 11) is -4.03. The van der Waals surface area contributed by atoms with Crippen LogP contribution in [0, 0.1) is 5.92 Å². The van der Waals surface area contributed by atoms with Crippen molar-refractivity contribution in [3.8, 4) is 0 Å². The van der Waals surface area contributed by atoms with Crippen LogP contribution in [0.5, 0.6) is 0 Å². The van der Waals surface area contributed by atoms with Gasteiger partial charge in [0.25, 0.3) is 0 Å². The number of alkyl carbamates (subject to hydrolysis) is 1. The van der Waals surface area contributed by atoms with Gasteiger partial charge in [0, 0.05) is 19.5 Å². The lowest BCUT2D eigenvalue weighted by atomic mass is 10.0. The van der Waals surface area contributed by atoms with Gasteiger partial charge >= 0.3 is 19.8 Å². The van der Waals surface area contributed by atoms with Crippen molar-refractivity contribution in [3.05, 3.63) is 36.4 Å². The zero-order valence-electron chi connectivity index (χ0n) is 28.6. The number of hydrogen-bond acceptors (Lipinski definition) is 8. The second-order valence-electron chi connectivity index (χ2n) is 14.0. The third kappa shape index (κ3) is 10.7. The molecule has 0 bridgehead atoms. The molecule has 5 rings (SSSR count). The molecule has 2 saturated carbocycles. The van der Waals surface area contributed by atoms with Gasteiger partial charge in [-0.2, -0.15) is 0 Å². The van der Waals surface area contributed by atoms with E-state index < -0.39 is 55.4 Å². The highest BCUT2D eigenvalue weighted by Crippen LogP contribution is 2.58. The van der Waals surface area contributed by atoms with Crippen LogP contribution in [-0.4, -0.2) is 88.3 Å². The first kappa shape index (κ1) is 37.6. The summed E-state index contributed by atoms with van der Waals surface area (Å²) in [6.45, 7) is 1.75. The zero-order valence-corrected chi connectivity index (χ0v) is 29.5. The van der Waals surface area contributed by atoms with Crippen LogP contribution in [0.1, 0.15) is 89.9 Å². The molecule has 0 radical (unpaired) electrons. The number of nitrogens with one attached hydrogen (secondary N) is 2. The highest BCUT2D eigenvalue weighted by atomic mass is 31.2. The summed E-state index contributed by atoms with van der Waals surface area (Å²) in [5, 5.41) is 5.57. The minimum absolute atomic E-state index is 0.0394. The van der Waals surface area contributed by atoms with E-state index in [2.05, 4.69) is 15.5 Å². The average Bonchev–Trinajstić information content (AvgIpc) is 3.48. The van der Waals surface area contributed by atoms with Crippen LogP contribution in [-0.2, 0) is 23.6 Å². The summed E-state index contributed by atoms with van der Waals surface area (Å²) in [4.78, 5) is 74.5. The number of allylic oxidation sites excluding steroid dienone is 2. The second kappa shape index (κ2) is 17.5. The number of carbonyl (C=O) groups excluding carboxylic acids is 4. The smallest absolute Gasteiger partial charge is 0.412 e. The number of rotatable bonds is 15. The van der Waals surface area contributed by atoms with Gasteiger partial charge in [-0.25, -0.2) is 9.59 Å². The standard InChI is InChI=1S/C35H52N5O9P/c36-32(41)30-22-26(49-34(43)37-27-16-9-10-18-29(27)39-19-11-4-12-20-39)23-40(30)33(42)28(38-35(44)48-25-14-7-8-15-25)17-6-3-1-2-5-13-24-21-31(24)50(45,46)47/h5,9-10,13,16,18,24-26,28,30-31H,1-4,6-8,11-12,14-15,17,19-23H2,(H2,36,41)(H,37,43)(H,38,44)(H2,45,46,47)/b13-5-/t24-,26-,28+,30+,31+/m1/s1. The molecule has 5 atom stereocenters. The minimum Gasteiger partial charge on any atom is -0.446 e. The maximum atomic E-state index is 13.9. The van der Waals surface area contributed by atoms with Crippen LogP contribution in [0.15, 0.2) is 36.4 Å². The molecule has 0 unspecified atom stereocenters. The number of amides is 4. The molecule has 2 aliphatic carbocycles. The number of piperidine rings is 1. The highest BCUT2D eigenvalue weighted by molar-refractivity contribution is 7.53. The number of anilines is 2. The summed E-state index contributed by atoms with van der Waals surface area (Å²) >= 11 is 0. The quantitative estimate of drug-likeness (QED) is 0.0954. The van der Waals surface area contributed by atoms with Crippen LogP contribution in [0.2, 0.25) is 0 Å². The molecular formula is C35H52N5O9P. The van der Waals surface area contributed by atoms with Crippen molar-refractivity contribution in [1.29, 1.82) is 0 Å². The Balaban J connectivity index is 1.16. The molecule has 1 aromatic rings. The number of nitrogens with two attached hydrogens (primary N) is 1. The largest absolute Gasteiger partial charge is 0.446 e. The van der Waals surface area contributed by atoms with Gasteiger partial charge in [0.15, 0.2) is 0 Å². The van der Waals surface area contributed by atoms with E-state index in [1.807, 2.05) is 36.4 Å². The molecule has 2 saturated heterocycles. The van der Waals surface area contributed by atoms with Crippen LogP contribution < -0.4 is 21.3 Å². The molecule has 6 N–H and O–H groups in total. The lowest BCUT2D eigenvalue weighted by Gasteiger charge is -2.30. The Morgan fingerprint density at radius 3 is 2.36 bits per heavy atom. The van der Waals surface area contributed by atoms with E-state index in [-0.39, 0.29) is 25.0 Å². The Labute approximate surface area is 293 Å². The van der Waals surface area contributed by atoms with Gasteiger partial charge in [-0.05, 0) is 88.7 Å². The predicted octanol–water partition coefficient (Wildman–Crippen LogP) is 4.79. The van der Waals surface area contributed by atoms with E-state index in [9.17, 15) is 33.5 Å². The third-order valence-electron chi connectivity index (χ3n) is 10.1. The van der Waals surface area contributed by atoms with Crippen LogP contribution in [0.3, 0.4) is 0 Å². The maximum Gasteiger partial charge on any atom is 0.412 e. The fourth-order valence-electron chi connectivity index (χ4n) is 7.32. The molecule has 2 aliphatic heterocycles. The van der Waals surface area contributed by atoms with Gasteiger partial charge in [0.1, 0.15) is 24.3 Å². The lowest BCUT2D eigenvalue weighted by molar-refractivity contribution is -0.139. The van der Waals surface area contributed by atoms with Crippen molar-refractivity contribution >= 4 is 43.0 Å². The number of ether oxygens (including phenoxy) is 2. The molecule has 0 aromatic heterocycles. The molecule has 1 aromatic carbocycles. The normalized spacial score (nSPS) is 24.6. The Bertz CT molecular complexity index is 1420. The minimum atomic E-state index is -4.03. The number of primary amides is 1. The van der Waals surface area contributed by atoms with Gasteiger partial charge < -0.3 is 40.1 Å². The van der Waals surface area contributed by atoms with Crippen molar-refractivity contribution in [2.45, 2.75) is 120 Å². The highest BCUT2D eigenvalue weighted by Gasteiger charge is 2.47. The van der Waals surface area contributed by atoms with Crippen molar-refractivity contribution < 1.29 is 43.0 Å². The predicted molar refractivity (Wildman–Crippen MR) is 188 cm³/mol. The summed E-state index contributed by atoms with van der Waals surface area (Å²) in [5.74, 6) is -1.30. The van der Waals surface area contributed by atoms with Gasteiger partial charge in [-0.3, -0.25) is 19.5 Å². The number of unbranched alkanes of at least 4 members (excludes halogenated alkanes) is 3. The van der Waals surface area contributed by atoms with Crippen molar-refractivity contribution in [1.82, 2.24) is 10.2 Å². The van der Waals surface area contributed by atoms with Crippen LogP contribution in [0.4, 0.5) is 21.0 Å². The Morgan fingerprint density at radius 1 is 0.940 bits per heavy atom. The van der Waals surface area contributed by atoms with Crippen molar-refractivity contribution in [2.75, 3.05) is 29.9 Å². The first-order valence-electron chi connectivity index (χ1n) is 18.1. The monoisotopic (exact) mass is 717 g/mol. The van der Waals surface area contributed by atoms with Gasteiger partial charge in [-0.15, -0.1) is 0 Å². The Morgan fingerprint density at radius 2 is 1.66 bits per heavy atom. The third-order valence-corrected chi connectivity index (χ3v) is 11.6. The summed E-state index contributed by atoms with van der Waals surface area (Å²) in [6, 6.07) is 5.54. The molecule has 15 heteroatoms. The number of nitrogens with zero attached hydrogens (tertiary/aromatic N) is 2. The van der Waals surface area contributed by atoms with Gasteiger partial charge in [0.2, 0.25) is 11.8 Å². The number of hydrogen-bond donors (Lipinski definition) is 5. The fourth-order valence-corrected chi connectivity index (χ4v) is 8.44. The Hall–Kier alpha value is -3.61. The average molecular weight is 718 g/mol. The first-order valence-corrected chi connectivity index (χ1v) is 19.8. The molecule has 14 nitrogen and oxygen atoms in total. The number of carbonyl (C=O) groups is 4. The Kier molecular flexibility index (Phi) is 13.2. The van der Waals surface area contributed by atoms with Crippen molar-refractivity contribution in [2.24, 2.45) is 11.7 Å². The molecule has 4 aliphatic rings. The first-order chi connectivity index (χ1) is 24.0. The molecule has 4 fully saturated rings.